The standard InChI is InChI=1S/C11H9N3S/c1-2-9-6-13-8-14-11(9)7-12-4-5-15-10(11)3-1/h1-8H,(H,13,14). The highest BCUT2D eigenvalue weighted by atomic mass is 32.2. The Hall–Kier alpha value is -1.55. The van der Waals surface area contributed by atoms with E-state index < -0.39 is 0 Å². The highest BCUT2D eigenvalue weighted by Gasteiger charge is 2.38. The first-order valence-corrected chi connectivity index (χ1v) is 5.55. The van der Waals surface area contributed by atoms with Crippen molar-refractivity contribution >= 4 is 24.3 Å². The molecule has 0 saturated heterocycles. The summed E-state index contributed by atoms with van der Waals surface area (Å²) in [5.74, 6) is 0. The van der Waals surface area contributed by atoms with Crippen molar-refractivity contribution in [3.63, 3.8) is 0 Å². The molecule has 0 amide bonds. The monoisotopic (exact) mass is 215 g/mol. The molecule has 1 unspecified atom stereocenters. The molecule has 0 saturated carbocycles. The minimum absolute atomic E-state index is 0.301. The molecule has 74 valence electrons. The van der Waals surface area contributed by atoms with E-state index in [0.29, 0.717) is 0 Å². The minimum Gasteiger partial charge on any atom is -0.358 e. The summed E-state index contributed by atoms with van der Waals surface area (Å²) in [5, 5.41) is 5.27. The van der Waals surface area contributed by atoms with Gasteiger partial charge in [-0.1, -0.05) is 23.9 Å². The number of thioether (sulfide) groups is 1. The predicted molar refractivity (Wildman–Crippen MR) is 64.9 cm³/mol. The van der Waals surface area contributed by atoms with E-state index in [0.717, 1.165) is 5.57 Å². The Kier molecular flexibility index (Phi) is 1.89. The van der Waals surface area contributed by atoms with Gasteiger partial charge in [0.25, 0.3) is 0 Å². The summed E-state index contributed by atoms with van der Waals surface area (Å²) in [6.07, 6.45) is 13.5. The molecule has 15 heavy (non-hydrogen) atoms. The van der Waals surface area contributed by atoms with E-state index in [2.05, 4.69) is 27.5 Å². The van der Waals surface area contributed by atoms with Gasteiger partial charge in [0, 0.05) is 29.1 Å². The van der Waals surface area contributed by atoms with Crippen LogP contribution in [-0.4, -0.2) is 18.1 Å². The molecule has 1 spiro atoms. The van der Waals surface area contributed by atoms with Crippen molar-refractivity contribution in [1.82, 2.24) is 5.32 Å². The van der Waals surface area contributed by atoms with Gasteiger partial charge in [-0.2, -0.15) is 0 Å². The number of nitrogens with zero attached hydrogens (tertiary/aromatic N) is 2. The molecule has 0 bridgehead atoms. The van der Waals surface area contributed by atoms with Crippen LogP contribution in [0.15, 0.2) is 56.5 Å². The number of hydrogen-bond donors (Lipinski definition) is 1. The summed E-state index contributed by atoms with van der Waals surface area (Å²) < 4.78 is 0. The van der Waals surface area contributed by atoms with Crippen molar-refractivity contribution in [2.75, 3.05) is 0 Å². The molecule has 3 nitrogen and oxygen atoms in total. The Bertz CT molecular complexity index is 468. The van der Waals surface area contributed by atoms with E-state index in [-0.39, 0.29) is 5.54 Å². The van der Waals surface area contributed by atoms with E-state index in [4.69, 9.17) is 0 Å². The molecule has 0 fully saturated rings. The minimum atomic E-state index is -0.301. The lowest BCUT2D eigenvalue weighted by atomic mass is 9.86. The molecule has 1 aliphatic carbocycles. The van der Waals surface area contributed by atoms with Gasteiger partial charge in [-0.15, -0.1) is 0 Å². The Morgan fingerprint density at radius 1 is 1.33 bits per heavy atom. The molecule has 3 rings (SSSR count). The van der Waals surface area contributed by atoms with E-state index >= 15 is 0 Å². The van der Waals surface area contributed by atoms with Crippen molar-refractivity contribution in [1.29, 1.82) is 0 Å². The van der Waals surface area contributed by atoms with Crippen molar-refractivity contribution < 1.29 is 0 Å². The maximum Gasteiger partial charge on any atom is 0.132 e. The Morgan fingerprint density at radius 2 is 2.33 bits per heavy atom. The first-order chi connectivity index (χ1) is 7.42. The first-order valence-electron chi connectivity index (χ1n) is 4.67. The van der Waals surface area contributed by atoms with Gasteiger partial charge in [0.15, 0.2) is 0 Å². The van der Waals surface area contributed by atoms with Gasteiger partial charge < -0.3 is 5.32 Å². The lowest BCUT2D eigenvalue weighted by Crippen LogP contribution is -2.50. The molecule has 4 heteroatoms. The van der Waals surface area contributed by atoms with Gasteiger partial charge in [-0.25, -0.2) is 4.99 Å². The van der Waals surface area contributed by atoms with Crippen molar-refractivity contribution in [3.05, 3.63) is 46.5 Å². The van der Waals surface area contributed by atoms with Crippen molar-refractivity contribution in [2.45, 2.75) is 5.54 Å². The van der Waals surface area contributed by atoms with Crippen LogP contribution in [0.5, 0.6) is 0 Å². The molecular weight excluding hydrogens is 206 g/mol. The fraction of sp³-hybridized carbons (Fsp3) is 0.0909. The molecule has 0 aromatic heterocycles. The predicted octanol–water partition coefficient (Wildman–Crippen LogP) is 1.98. The fourth-order valence-corrected chi connectivity index (χ4v) is 2.65. The molecule has 1 atom stereocenters. The lowest BCUT2D eigenvalue weighted by molar-refractivity contribution is 0.727. The SMILES string of the molecule is C1=CC2=CN=CNC23C=NC=CSC3=C1. The molecule has 0 aromatic carbocycles. The Balaban J connectivity index is 2.18. The summed E-state index contributed by atoms with van der Waals surface area (Å²) in [6, 6.07) is 0. The number of allylic oxidation sites excluding steroid dienone is 2. The molecular formula is C11H9N3S. The molecule has 2 aliphatic heterocycles. The molecule has 0 radical (unpaired) electrons. The van der Waals surface area contributed by atoms with E-state index in [1.807, 2.05) is 30.1 Å². The van der Waals surface area contributed by atoms with Gasteiger partial charge >= 0.3 is 0 Å². The van der Waals surface area contributed by atoms with Crippen LogP contribution in [0.1, 0.15) is 0 Å². The third kappa shape index (κ3) is 1.22. The van der Waals surface area contributed by atoms with Crippen molar-refractivity contribution in [3.8, 4) is 0 Å². The number of rotatable bonds is 0. The van der Waals surface area contributed by atoms with Crippen LogP contribution < -0.4 is 5.32 Å². The first kappa shape index (κ1) is 8.73. The van der Waals surface area contributed by atoms with E-state index in [9.17, 15) is 0 Å². The van der Waals surface area contributed by atoms with Gasteiger partial charge in [0.1, 0.15) is 5.54 Å². The summed E-state index contributed by atoms with van der Waals surface area (Å²) in [4.78, 5) is 9.60. The summed E-state index contributed by atoms with van der Waals surface area (Å²) >= 11 is 1.68. The quantitative estimate of drug-likeness (QED) is 0.671. The molecule has 1 N–H and O–H groups in total. The van der Waals surface area contributed by atoms with Crippen LogP contribution >= 0.6 is 11.8 Å². The molecule has 2 heterocycles. The van der Waals surface area contributed by atoms with E-state index in [1.165, 1.54) is 4.91 Å². The third-order valence-electron chi connectivity index (χ3n) is 2.56. The van der Waals surface area contributed by atoms with Crippen LogP contribution in [-0.2, 0) is 0 Å². The van der Waals surface area contributed by atoms with Crippen molar-refractivity contribution in [2.24, 2.45) is 9.98 Å². The Labute approximate surface area is 92.1 Å². The van der Waals surface area contributed by atoms with Crippen LogP contribution in [0.25, 0.3) is 0 Å². The molecule has 0 aromatic rings. The highest BCUT2D eigenvalue weighted by Crippen LogP contribution is 2.38. The maximum atomic E-state index is 4.26. The second kappa shape index (κ2) is 3.24. The zero-order chi connectivity index (χ0) is 10.1. The van der Waals surface area contributed by atoms with Gasteiger partial charge in [0.05, 0.1) is 6.34 Å². The zero-order valence-corrected chi connectivity index (χ0v) is 8.74. The topological polar surface area (TPSA) is 36.8 Å². The normalized spacial score (nSPS) is 30.9. The lowest BCUT2D eigenvalue weighted by Gasteiger charge is -2.35. The average molecular weight is 215 g/mol. The highest BCUT2D eigenvalue weighted by molar-refractivity contribution is 8.06. The van der Waals surface area contributed by atoms with Gasteiger partial charge in [0.2, 0.25) is 0 Å². The largest absolute Gasteiger partial charge is 0.358 e. The summed E-state index contributed by atoms with van der Waals surface area (Å²) in [6.45, 7) is 0. The van der Waals surface area contributed by atoms with Crippen LogP contribution in [0, 0.1) is 0 Å². The van der Waals surface area contributed by atoms with Crippen LogP contribution in [0.2, 0.25) is 0 Å². The number of aliphatic imine (C=N–C) groups is 2. The van der Waals surface area contributed by atoms with E-state index in [1.54, 1.807) is 18.1 Å². The summed E-state index contributed by atoms with van der Waals surface area (Å²) in [5.41, 5.74) is 0.826. The van der Waals surface area contributed by atoms with Crippen LogP contribution in [0.3, 0.4) is 0 Å². The second-order valence-corrected chi connectivity index (χ2v) is 4.33. The van der Waals surface area contributed by atoms with Gasteiger partial charge in [-0.3, -0.25) is 4.99 Å². The number of nitrogens with one attached hydrogen (secondary N) is 1. The van der Waals surface area contributed by atoms with Crippen LogP contribution in [0.4, 0.5) is 0 Å². The third-order valence-corrected chi connectivity index (χ3v) is 3.53. The fourth-order valence-electron chi connectivity index (χ4n) is 1.80. The molecule has 3 aliphatic rings. The summed E-state index contributed by atoms with van der Waals surface area (Å²) in [7, 11) is 0. The second-order valence-electron chi connectivity index (χ2n) is 3.39. The Morgan fingerprint density at radius 3 is 3.33 bits per heavy atom. The van der Waals surface area contributed by atoms with Gasteiger partial charge in [-0.05, 0) is 11.5 Å². The number of hydrogen-bond acceptors (Lipinski definition) is 4. The maximum absolute atomic E-state index is 4.26. The average Bonchev–Trinajstić information content (AvgIpc) is 2.49. The smallest absolute Gasteiger partial charge is 0.132 e. The zero-order valence-electron chi connectivity index (χ0n) is 7.92.